The maximum Gasteiger partial charge on any atom is 0.313 e. The van der Waals surface area contributed by atoms with E-state index in [-0.39, 0.29) is 37.4 Å². The van der Waals surface area contributed by atoms with Crippen LogP contribution in [0.5, 0.6) is 0 Å². The molecule has 5 aliphatic carbocycles. The molecule has 0 aromatic heterocycles. The third-order valence-electron chi connectivity index (χ3n) is 22.0. The first-order valence-corrected chi connectivity index (χ1v) is 29.6. The van der Waals surface area contributed by atoms with Crippen LogP contribution in [-0.4, -0.2) is 245 Å². The summed E-state index contributed by atoms with van der Waals surface area (Å²) in [5, 5.41) is 143. The molecule has 26 nitrogen and oxygen atoms in total. The number of carboxylic acids is 2. The molecule has 5 aliphatic heterocycles. The first-order chi connectivity index (χ1) is 38.9. The molecule has 0 aromatic rings. The summed E-state index contributed by atoms with van der Waals surface area (Å²) in [4.78, 5) is 41.4. The van der Waals surface area contributed by atoms with E-state index in [0.717, 1.165) is 5.57 Å². The largest absolute Gasteiger partial charge is 0.481 e. The van der Waals surface area contributed by atoms with Crippen molar-refractivity contribution >= 4 is 17.9 Å². The van der Waals surface area contributed by atoms with E-state index in [2.05, 4.69) is 33.8 Å². The molecule has 4 saturated carbocycles. The second-order valence-corrected chi connectivity index (χ2v) is 27.0. The highest BCUT2D eigenvalue weighted by Gasteiger charge is 2.72. The quantitative estimate of drug-likeness (QED) is 0.0787. The molecule has 5 heterocycles. The number of carboxylic acid groups (broad SMARTS) is 2. The zero-order valence-electron chi connectivity index (χ0n) is 48.0. The topological polar surface area (TPSA) is 406 Å². The van der Waals surface area contributed by atoms with Gasteiger partial charge in [0.1, 0.15) is 85.5 Å². The third-order valence-corrected chi connectivity index (χ3v) is 22.0. The van der Waals surface area contributed by atoms with Gasteiger partial charge in [0.2, 0.25) is 0 Å². The molecule has 9 fully saturated rings. The van der Waals surface area contributed by atoms with Gasteiger partial charge in [-0.1, -0.05) is 39.3 Å². The van der Waals surface area contributed by atoms with Gasteiger partial charge in [-0.25, -0.2) is 0 Å². The fraction of sp³-hybridized carbons (Fsp3) is 0.912. The van der Waals surface area contributed by atoms with Gasteiger partial charge >= 0.3 is 17.9 Å². The van der Waals surface area contributed by atoms with Crippen LogP contribution in [0.15, 0.2) is 11.6 Å². The fourth-order valence-electron chi connectivity index (χ4n) is 16.8. The Balaban J connectivity index is 0.761. The minimum Gasteiger partial charge on any atom is -0.481 e. The van der Waals surface area contributed by atoms with Crippen molar-refractivity contribution in [3.8, 4) is 0 Å². The number of carbonyl (C=O) groups excluding carboxylic acids is 1. The summed E-state index contributed by atoms with van der Waals surface area (Å²) in [6.45, 7) is 12.4. The second-order valence-electron chi connectivity index (χ2n) is 27.0. The summed E-state index contributed by atoms with van der Waals surface area (Å²) in [5.74, 6) is -5.53. The first-order valence-electron chi connectivity index (χ1n) is 29.6. The molecule has 0 bridgehead atoms. The van der Waals surface area contributed by atoms with Gasteiger partial charge in [-0.2, -0.15) is 0 Å². The van der Waals surface area contributed by atoms with Gasteiger partial charge in [-0.05, 0) is 119 Å². The summed E-state index contributed by atoms with van der Waals surface area (Å²) in [6, 6.07) is 0. The Hall–Kier alpha value is -2.65. The smallest absolute Gasteiger partial charge is 0.313 e. The maximum absolute atomic E-state index is 15.1. The molecule has 0 radical (unpaired) electrons. The summed E-state index contributed by atoms with van der Waals surface area (Å²) in [5.41, 5.74) is -2.77. The Bertz CT molecular complexity index is 2400. The van der Waals surface area contributed by atoms with Gasteiger partial charge < -0.3 is 114 Å². The number of hydrogen-bond donors (Lipinski definition) is 13. The minimum absolute atomic E-state index is 0.0647. The number of aliphatic hydroxyl groups excluding tert-OH is 11. The van der Waals surface area contributed by atoms with Gasteiger partial charge in [-0.15, -0.1) is 0 Å². The lowest BCUT2D eigenvalue weighted by Gasteiger charge is -2.69. The van der Waals surface area contributed by atoms with Crippen LogP contribution in [0.1, 0.15) is 113 Å². The summed E-state index contributed by atoms with van der Waals surface area (Å²) in [6.07, 6.45) is -28.2. The molecule has 31 atom stereocenters. The fourth-order valence-corrected chi connectivity index (χ4v) is 16.8. The summed E-state index contributed by atoms with van der Waals surface area (Å²) < 4.78 is 58.2. The third kappa shape index (κ3) is 10.6. The average molecular weight is 1190 g/mol. The van der Waals surface area contributed by atoms with Crippen molar-refractivity contribution in [1.29, 1.82) is 0 Å². The molecular weight excluding hydrogens is 1100 g/mol. The number of aliphatic hydroxyl groups is 11. The van der Waals surface area contributed by atoms with Crippen molar-refractivity contribution in [1.82, 2.24) is 0 Å². The van der Waals surface area contributed by atoms with Crippen LogP contribution in [0, 0.1) is 50.7 Å². The van der Waals surface area contributed by atoms with Gasteiger partial charge in [-0.3, -0.25) is 14.4 Å². The molecule has 10 rings (SSSR count). The van der Waals surface area contributed by atoms with Crippen LogP contribution in [0.2, 0.25) is 0 Å². The van der Waals surface area contributed by atoms with Gasteiger partial charge in [0.05, 0.1) is 61.0 Å². The molecule has 4 unspecified atom stereocenters. The Morgan fingerprint density at radius 1 is 0.554 bits per heavy atom. The lowest BCUT2D eigenvalue weighted by molar-refractivity contribution is -0.380. The monoisotopic (exact) mass is 1190 g/mol. The van der Waals surface area contributed by atoms with E-state index in [1.807, 2.05) is 0 Å². The van der Waals surface area contributed by atoms with E-state index in [0.29, 0.717) is 51.4 Å². The number of rotatable bonds is 12. The number of ether oxygens (including phenoxy) is 10. The zero-order chi connectivity index (χ0) is 60.4. The molecule has 83 heavy (non-hydrogen) atoms. The van der Waals surface area contributed by atoms with Crippen molar-refractivity contribution < 1.29 is 128 Å². The van der Waals surface area contributed by atoms with Gasteiger partial charge in [0.25, 0.3) is 0 Å². The predicted octanol–water partition coefficient (Wildman–Crippen LogP) is -1.43. The van der Waals surface area contributed by atoms with E-state index >= 15 is 4.79 Å². The van der Waals surface area contributed by atoms with E-state index in [1.54, 1.807) is 0 Å². The van der Waals surface area contributed by atoms with Crippen LogP contribution in [0.3, 0.4) is 0 Å². The number of carbonyl (C=O) groups is 3. The molecule has 0 aromatic carbocycles. The number of fused-ring (bicyclic) bond motifs is 7. The minimum atomic E-state index is -1.88. The summed E-state index contributed by atoms with van der Waals surface area (Å²) >= 11 is 0. The lowest BCUT2D eigenvalue weighted by Crippen LogP contribution is -2.67. The van der Waals surface area contributed by atoms with Crippen LogP contribution in [0.25, 0.3) is 0 Å². The Morgan fingerprint density at radius 3 is 1.67 bits per heavy atom. The van der Waals surface area contributed by atoms with Crippen molar-refractivity contribution in [3.05, 3.63) is 11.6 Å². The standard InChI is InChI=1S/C57H88O26/c1-22-43(36(62)40(66)48(76-22)80-31-21-75-47(39(65)35(31)61)79-30-20-74-19-29(59)34(30)60)81-49-41(67)37(63)44(23(2)77-49)82-50-42(68)38(64)45(24(3)78-50)83-52(73)56-16-14-53(4,5)18-27(56)25-8-9-32-55(7,54(25,6)15-17-56)12-10-26-33(46(69)70)28(58)11-13-57(26,32)51(71)72/h8,22-24,26-45,47-50,58-68H,9-21H2,1-7H3,(H,69,70)(H,71,72)/t22-,23+,24-,26?,27?,28+,29+,30+,31-,32?,33+,34-,35+,36-,37+,38-,39-,40-,41-,42-,43-,44+,45+,47?,48-,49+,50-,54-,55-,56+,57-/m1/s1. The highest BCUT2D eigenvalue weighted by Crippen LogP contribution is 2.75. The number of esters is 1. The number of allylic oxidation sites excluding steroid dienone is 2. The molecule has 0 spiro atoms. The second kappa shape index (κ2) is 23.4. The van der Waals surface area contributed by atoms with Gasteiger partial charge in [0.15, 0.2) is 31.3 Å². The van der Waals surface area contributed by atoms with Crippen LogP contribution >= 0.6 is 0 Å². The molecule has 13 N–H and O–H groups in total. The lowest BCUT2D eigenvalue weighted by atomic mass is 9.34. The molecule has 5 saturated heterocycles. The van der Waals surface area contributed by atoms with E-state index < -0.39 is 205 Å². The van der Waals surface area contributed by atoms with Crippen molar-refractivity contribution in [2.24, 2.45) is 50.7 Å². The average Bonchev–Trinajstić information content (AvgIpc) is 2.25. The van der Waals surface area contributed by atoms with Gasteiger partial charge in [0, 0.05) is 0 Å². The highest BCUT2D eigenvalue weighted by atomic mass is 16.8. The van der Waals surface area contributed by atoms with E-state index in [4.69, 9.17) is 47.4 Å². The number of aliphatic carboxylic acids is 2. The molecule has 26 heteroatoms. The van der Waals surface area contributed by atoms with E-state index in [9.17, 15) is 76.0 Å². The Labute approximate surface area is 480 Å². The van der Waals surface area contributed by atoms with Crippen molar-refractivity contribution in [2.75, 3.05) is 19.8 Å². The van der Waals surface area contributed by atoms with Crippen LogP contribution in [0.4, 0.5) is 0 Å². The van der Waals surface area contributed by atoms with Crippen molar-refractivity contribution in [3.63, 3.8) is 0 Å². The maximum atomic E-state index is 15.1. The normalized spacial score (nSPS) is 53.5. The predicted molar refractivity (Wildman–Crippen MR) is 277 cm³/mol. The highest BCUT2D eigenvalue weighted by molar-refractivity contribution is 5.81. The molecule has 10 aliphatic rings. The first kappa shape index (κ1) is 63.4. The van der Waals surface area contributed by atoms with Crippen LogP contribution < -0.4 is 0 Å². The molecule has 472 valence electrons. The molecule has 0 amide bonds. The Kier molecular flexibility index (Phi) is 17.8. The Morgan fingerprint density at radius 2 is 1.08 bits per heavy atom. The van der Waals surface area contributed by atoms with Crippen molar-refractivity contribution in [2.45, 2.75) is 254 Å². The SMILES string of the molecule is C[C@@H]1O[C@@H](O[C@H]2[C@H](O)[C@@H](O)[C@@H](O[C@@H]3COC(O[C@H]4COC[C@H](O)[C@H]4O)[C@H](O)[C@H]3O)O[C@@H]2C)[C@H](O)[C@H](O)[C@H]1O[C@H]1O[C@H](C)[C@H](OC(=O)[C@]23CCC(C)(C)CC2C2=CCC4[C@@]5(C(=O)O)CC[C@H](O)[C@@H](C(=O)O)C5CC[C@@]4(C)[C@]2(C)CC3)[C@H](O)[C@H]1O. The summed E-state index contributed by atoms with van der Waals surface area (Å²) in [7, 11) is 0. The zero-order valence-corrected chi connectivity index (χ0v) is 48.0. The number of hydrogen-bond acceptors (Lipinski definition) is 24. The van der Waals surface area contributed by atoms with E-state index in [1.165, 1.54) is 20.8 Å². The molecular formula is C57H88O26. The van der Waals surface area contributed by atoms with Crippen LogP contribution in [-0.2, 0) is 61.8 Å².